The van der Waals surface area contributed by atoms with Gasteiger partial charge in [0.15, 0.2) is 4.77 Å². The molecule has 18 heavy (non-hydrogen) atoms. The summed E-state index contributed by atoms with van der Waals surface area (Å²) in [7, 11) is 0. The van der Waals surface area contributed by atoms with Gasteiger partial charge in [-0.05, 0) is 37.7 Å². The highest BCUT2D eigenvalue weighted by Gasteiger charge is 2.17. The van der Waals surface area contributed by atoms with Crippen LogP contribution in [0, 0.1) is 4.77 Å². The van der Waals surface area contributed by atoms with Crippen molar-refractivity contribution in [3.05, 3.63) is 29.0 Å². The van der Waals surface area contributed by atoms with Crippen LogP contribution < -0.4 is 5.32 Å². The van der Waals surface area contributed by atoms with Crippen LogP contribution >= 0.6 is 12.2 Å². The van der Waals surface area contributed by atoms with Crippen molar-refractivity contribution in [1.29, 1.82) is 0 Å². The largest absolute Gasteiger partial charge is 0.354 e. The zero-order valence-corrected chi connectivity index (χ0v) is 11.4. The van der Waals surface area contributed by atoms with Gasteiger partial charge >= 0.3 is 0 Å². The number of aromatic amines is 1. The minimum Gasteiger partial charge on any atom is -0.354 e. The number of fused-ring (bicyclic) bond motifs is 1. The van der Waals surface area contributed by atoms with Gasteiger partial charge in [-0.25, -0.2) is 0 Å². The van der Waals surface area contributed by atoms with Crippen LogP contribution in [0.1, 0.15) is 26.3 Å². The molecule has 0 saturated carbocycles. The fraction of sp³-hybridized carbons (Fsp3) is 0.385. The van der Waals surface area contributed by atoms with E-state index in [0.29, 0.717) is 11.3 Å². The maximum atomic E-state index is 12.0. The summed E-state index contributed by atoms with van der Waals surface area (Å²) in [6, 6.07) is 7.50. The third-order valence-corrected chi connectivity index (χ3v) is 3.24. The summed E-state index contributed by atoms with van der Waals surface area (Å²) in [6.45, 7) is 4.59. The normalized spacial score (nSPS) is 12.6. The molecule has 96 valence electrons. The lowest BCUT2D eigenvalue weighted by atomic mass is 10.2. The van der Waals surface area contributed by atoms with Crippen LogP contribution in [0.2, 0.25) is 0 Å². The number of rotatable bonds is 4. The molecule has 1 aromatic carbocycles. The number of para-hydroxylation sites is 2. The van der Waals surface area contributed by atoms with Crippen molar-refractivity contribution in [2.45, 2.75) is 26.3 Å². The summed E-state index contributed by atoms with van der Waals surface area (Å²) >= 11 is 5.29. The molecule has 2 aromatic rings. The van der Waals surface area contributed by atoms with Crippen molar-refractivity contribution in [3.63, 3.8) is 0 Å². The summed E-state index contributed by atoms with van der Waals surface area (Å²) in [5.74, 6) is -0.00213. The number of nitrogens with one attached hydrogen (secondary N) is 2. The van der Waals surface area contributed by atoms with Gasteiger partial charge in [-0.2, -0.15) is 0 Å². The van der Waals surface area contributed by atoms with E-state index in [0.717, 1.165) is 17.5 Å². The molecule has 0 aliphatic heterocycles. The summed E-state index contributed by atoms with van der Waals surface area (Å²) in [4.78, 5) is 15.1. The second-order valence-electron chi connectivity index (χ2n) is 4.28. The third-order valence-electron chi connectivity index (χ3n) is 2.94. The quantitative estimate of drug-likeness (QED) is 0.833. The predicted molar refractivity (Wildman–Crippen MR) is 75.1 cm³/mol. The summed E-state index contributed by atoms with van der Waals surface area (Å²) in [6.07, 6.45) is 0.928. The van der Waals surface area contributed by atoms with E-state index in [4.69, 9.17) is 12.2 Å². The molecule has 1 atom stereocenters. The first kappa shape index (κ1) is 12.8. The Hall–Kier alpha value is -1.62. The zero-order valence-electron chi connectivity index (χ0n) is 10.6. The lowest BCUT2D eigenvalue weighted by Crippen LogP contribution is -2.31. The molecule has 1 heterocycles. The van der Waals surface area contributed by atoms with E-state index in [1.807, 2.05) is 42.7 Å². The number of benzene rings is 1. The van der Waals surface area contributed by atoms with Crippen molar-refractivity contribution in [1.82, 2.24) is 14.9 Å². The van der Waals surface area contributed by atoms with Crippen molar-refractivity contribution in [2.75, 3.05) is 6.54 Å². The van der Waals surface area contributed by atoms with Crippen LogP contribution in [0.25, 0.3) is 11.0 Å². The number of aromatic nitrogens is 2. The average Bonchev–Trinajstić information content (AvgIpc) is 2.70. The number of carbonyl (C=O) groups is 1. The SMILES string of the molecule is CCCNC(=O)C(C)n1c(=S)[nH]c2ccccc21. The molecule has 1 amide bonds. The molecule has 0 aliphatic carbocycles. The van der Waals surface area contributed by atoms with Crippen LogP contribution in [0.5, 0.6) is 0 Å². The molecule has 1 aromatic heterocycles. The first-order valence-corrected chi connectivity index (χ1v) is 6.53. The molecule has 0 spiro atoms. The van der Waals surface area contributed by atoms with Crippen LogP contribution in [-0.4, -0.2) is 22.0 Å². The highest BCUT2D eigenvalue weighted by molar-refractivity contribution is 7.71. The van der Waals surface area contributed by atoms with Gasteiger partial charge in [0.2, 0.25) is 5.91 Å². The molecule has 2 rings (SSSR count). The molecule has 0 aliphatic rings. The van der Waals surface area contributed by atoms with Crippen molar-refractivity contribution >= 4 is 29.2 Å². The Kier molecular flexibility index (Phi) is 3.81. The van der Waals surface area contributed by atoms with Gasteiger partial charge in [0.1, 0.15) is 6.04 Å². The van der Waals surface area contributed by atoms with E-state index in [1.165, 1.54) is 0 Å². The Bertz CT molecular complexity index is 614. The highest BCUT2D eigenvalue weighted by Crippen LogP contribution is 2.18. The number of hydrogen-bond donors (Lipinski definition) is 2. The molecule has 0 bridgehead atoms. The third kappa shape index (κ3) is 2.31. The van der Waals surface area contributed by atoms with Gasteiger partial charge in [0, 0.05) is 6.54 Å². The van der Waals surface area contributed by atoms with E-state index < -0.39 is 0 Å². The lowest BCUT2D eigenvalue weighted by Gasteiger charge is -2.14. The molecule has 5 heteroatoms. The molecule has 2 N–H and O–H groups in total. The van der Waals surface area contributed by atoms with Gasteiger partial charge in [0.25, 0.3) is 0 Å². The fourth-order valence-electron chi connectivity index (χ4n) is 1.97. The van der Waals surface area contributed by atoms with Gasteiger partial charge in [0.05, 0.1) is 11.0 Å². The maximum absolute atomic E-state index is 12.0. The molecule has 0 saturated heterocycles. The average molecular weight is 263 g/mol. The molecule has 1 unspecified atom stereocenters. The van der Waals surface area contributed by atoms with Crippen molar-refractivity contribution in [2.24, 2.45) is 0 Å². The van der Waals surface area contributed by atoms with Gasteiger partial charge < -0.3 is 14.9 Å². The molecular formula is C13H17N3OS. The lowest BCUT2D eigenvalue weighted by molar-refractivity contribution is -0.123. The Morgan fingerprint density at radius 1 is 1.50 bits per heavy atom. The van der Waals surface area contributed by atoms with Crippen molar-refractivity contribution < 1.29 is 4.79 Å². The van der Waals surface area contributed by atoms with Gasteiger partial charge in [-0.3, -0.25) is 4.79 Å². The van der Waals surface area contributed by atoms with E-state index in [-0.39, 0.29) is 11.9 Å². The maximum Gasteiger partial charge on any atom is 0.242 e. The topological polar surface area (TPSA) is 49.8 Å². The summed E-state index contributed by atoms with van der Waals surface area (Å²) in [5.41, 5.74) is 1.92. The Balaban J connectivity index is 2.38. The number of H-pyrrole nitrogens is 1. The van der Waals surface area contributed by atoms with Crippen molar-refractivity contribution in [3.8, 4) is 0 Å². The first-order chi connectivity index (χ1) is 8.65. The number of nitrogens with zero attached hydrogens (tertiary/aromatic N) is 1. The summed E-state index contributed by atoms with van der Waals surface area (Å²) in [5, 5.41) is 2.89. The number of amides is 1. The Labute approximate surface area is 111 Å². The number of imidazole rings is 1. The monoisotopic (exact) mass is 263 g/mol. The standard InChI is InChI=1S/C13H17N3OS/c1-3-8-14-12(17)9(2)16-11-7-5-4-6-10(11)15-13(16)18/h4-7,9H,3,8H2,1-2H3,(H,14,17)(H,15,18). The zero-order chi connectivity index (χ0) is 13.1. The smallest absolute Gasteiger partial charge is 0.242 e. The van der Waals surface area contributed by atoms with Crippen LogP contribution in [0.4, 0.5) is 0 Å². The molecule has 0 fully saturated rings. The van der Waals surface area contributed by atoms with Gasteiger partial charge in [-0.15, -0.1) is 0 Å². The minimum absolute atomic E-state index is 0.00213. The first-order valence-electron chi connectivity index (χ1n) is 6.12. The van der Waals surface area contributed by atoms with E-state index in [2.05, 4.69) is 10.3 Å². The fourth-order valence-corrected chi connectivity index (χ4v) is 2.34. The van der Waals surface area contributed by atoms with E-state index in [9.17, 15) is 4.79 Å². The number of carbonyl (C=O) groups excluding carboxylic acids is 1. The predicted octanol–water partition coefficient (Wildman–Crippen LogP) is 2.79. The van der Waals surface area contributed by atoms with E-state index in [1.54, 1.807) is 0 Å². The molecular weight excluding hydrogens is 246 g/mol. The number of hydrogen-bond acceptors (Lipinski definition) is 2. The van der Waals surface area contributed by atoms with Crippen LogP contribution in [0.15, 0.2) is 24.3 Å². The second-order valence-corrected chi connectivity index (χ2v) is 4.67. The highest BCUT2D eigenvalue weighted by atomic mass is 32.1. The van der Waals surface area contributed by atoms with Crippen LogP contribution in [-0.2, 0) is 4.79 Å². The minimum atomic E-state index is -0.305. The second kappa shape index (κ2) is 5.35. The molecule has 0 radical (unpaired) electrons. The Morgan fingerprint density at radius 2 is 2.22 bits per heavy atom. The van der Waals surface area contributed by atoms with E-state index >= 15 is 0 Å². The molecule has 4 nitrogen and oxygen atoms in total. The van der Waals surface area contributed by atoms with Gasteiger partial charge in [-0.1, -0.05) is 19.1 Å². The Morgan fingerprint density at radius 3 is 2.94 bits per heavy atom. The summed E-state index contributed by atoms with van der Waals surface area (Å²) < 4.78 is 2.44. The van der Waals surface area contributed by atoms with Crippen LogP contribution in [0.3, 0.4) is 0 Å².